The van der Waals surface area contributed by atoms with Crippen molar-refractivity contribution in [2.45, 2.75) is 116 Å². The standard InChI is InChI=1S/C27H47N2O4.HI/c1-6-7-8-9-12-15-18-25(33-27(31)23(2)3)24(29-21-20-28(4)22-29)17-14-11-10-13-16-19-26(30)32-5;/h20-22,24-25H,2,6-19H2,1,3-5H3;1H/q+1;/p-1. The Morgan fingerprint density at radius 3 is 2.12 bits per heavy atom. The lowest BCUT2D eigenvalue weighted by atomic mass is 9.97. The average Bonchev–Trinajstić information content (AvgIpc) is 3.22. The Labute approximate surface area is 224 Å². The fraction of sp³-hybridized carbons (Fsp3) is 0.741. The first-order valence-electron chi connectivity index (χ1n) is 12.8. The van der Waals surface area contributed by atoms with E-state index in [1.54, 1.807) is 6.92 Å². The average molecular weight is 591 g/mol. The molecule has 196 valence electrons. The molecule has 0 aliphatic heterocycles. The van der Waals surface area contributed by atoms with Gasteiger partial charge in [0.25, 0.3) is 0 Å². The summed E-state index contributed by atoms with van der Waals surface area (Å²) in [4.78, 5) is 23.7. The highest BCUT2D eigenvalue weighted by Gasteiger charge is 2.30. The lowest BCUT2D eigenvalue weighted by Crippen LogP contribution is -3.00. The molecule has 0 aromatic carbocycles. The fourth-order valence-corrected chi connectivity index (χ4v) is 4.14. The normalized spacial score (nSPS) is 12.5. The molecule has 0 saturated heterocycles. The van der Waals surface area contributed by atoms with E-state index in [0.29, 0.717) is 12.0 Å². The third-order valence-corrected chi connectivity index (χ3v) is 6.16. The zero-order valence-corrected chi connectivity index (χ0v) is 24.1. The number of rotatable bonds is 19. The van der Waals surface area contributed by atoms with E-state index >= 15 is 0 Å². The van der Waals surface area contributed by atoms with Crippen LogP contribution < -0.4 is 28.5 Å². The molecule has 34 heavy (non-hydrogen) atoms. The Balaban J connectivity index is 0.0000109. The van der Waals surface area contributed by atoms with E-state index in [0.717, 1.165) is 51.4 Å². The highest BCUT2D eigenvalue weighted by Crippen LogP contribution is 2.27. The Kier molecular flexibility index (Phi) is 19.1. The van der Waals surface area contributed by atoms with Gasteiger partial charge in [0.05, 0.1) is 14.2 Å². The zero-order valence-electron chi connectivity index (χ0n) is 21.9. The van der Waals surface area contributed by atoms with Crippen molar-refractivity contribution in [3.63, 3.8) is 0 Å². The molecule has 0 radical (unpaired) electrons. The van der Waals surface area contributed by atoms with Crippen LogP contribution in [0.1, 0.15) is 110 Å². The largest absolute Gasteiger partial charge is 1.00 e. The van der Waals surface area contributed by atoms with Crippen molar-refractivity contribution < 1.29 is 47.6 Å². The number of aromatic nitrogens is 2. The predicted octanol–water partition coefficient (Wildman–Crippen LogP) is 3.00. The van der Waals surface area contributed by atoms with E-state index in [9.17, 15) is 9.59 Å². The second-order valence-corrected chi connectivity index (χ2v) is 9.26. The molecule has 0 fully saturated rings. The first-order valence-corrected chi connectivity index (χ1v) is 12.8. The Morgan fingerprint density at radius 1 is 0.971 bits per heavy atom. The zero-order chi connectivity index (χ0) is 24.5. The van der Waals surface area contributed by atoms with Crippen LogP contribution in [0.25, 0.3) is 0 Å². The SMILES string of the molecule is C=C(C)C(=O)OC(CCCCCCCC)C(CCCCCCCC(=O)OC)n1cc[n+](C)c1.[I-]. The summed E-state index contributed by atoms with van der Waals surface area (Å²) in [5.41, 5.74) is 0.449. The monoisotopic (exact) mass is 590 g/mol. The number of carbonyl (C=O) groups excluding carboxylic acids is 2. The van der Waals surface area contributed by atoms with E-state index in [1.807, 2.05) is 17.8 Å². The molecule has 1 rings (SSSR count). The molecule has 1 aromatic heterocycles. The summed E-state index contributed by atoms with van der Waals surface area (Å²) >= 11 is 0. The molecule has 0 N–H and O–H groups in total. The van der Waals surface area contributed by atoms with Gasteiger partial charge in [-0.3, -0.25) is 4.79 Å². The minimum absolute atomic E-state index is 0. The summed E-state index contributed by atoms with van der Waals surface area (Å²) in [7, 11) is 3.45. The molecule has 1 aromatic rings. The molecule has 0 spiro atoms. The summed E-state index contributed by atoms with van der Waals surface area (Å²) in [5, 5.41) is 0. The van der Waals surface area contributed by atoms with Gasteiger partial charge >= 0.3 is 11.9 Å². The van der Waals surface area contributed by atoms with Crippen LogP contribution >= 0.6 is 0 Å². The van der Waals surface area contributed by atoms with Crippen molar-refractivity contribution in [3.05, 3.63) is 30.9 Å². The van der Waals surface area contributed by atoms with Gasteiger partial charge < -0.3 is 33.5 Å². The quantitative estimate of drug-likeness (QED) is 0.0818. The van der Waals surface area contributed by atoms with Gasteiger partial charge in [0.1, 0.15) is 24.5 Å². The minimum Gasteiger partial charge on any atom is -1.00 e. The Hall–Kier alpha value is -1.38. The fourth-order valence-electron chi connectivity index (χ4n) is 4.14. The first kappa shape index (κ1) is 32.6. The predicted molar refractivity (Wildman–Crippen MR) is 132 cm³/mol. The molecule has 0 amide bonds. The van der Waals surface area contributed by atoms with Gasteiger partial charge in [0.2, 0.25) is 6.33 Å². The maximum Gasteiger partial charge on any atom is 0.333 e. The number of hydrogen-bond donors (Lipinski definition) is 0. The van der Waals surface area contributed by atoms with Gasteiger partial charge in [-0.2, -0.15) is 0 Å². The summed E-state index contributed by atoms with van der Waals surface area (Å²) in [6, 6.07) is 0.111. The lowest BCUT2D eigenvalue weighted by Gasteiger charge is -2.25. The number of carbonyl (C=O) groups is 2. The van der Waals surface area contributed by atoms with E-state index in [1.165, 1.54) is 39.2 Å². The second kappa shape index (κ2) is 19.9. The van der Waals surface area contributed by atoms with Crippen LogP contribution in [0, 0.1) is 0 Å². The number of unbranched alkanes of at least 4 members (excludes halogenated alkanes) is 9. The number of methoxy groups -OCH3 is 1. The summed E-state index contributed by atoms with van der Waals surface area (Å²) in [5.74, 6) is -0.428. The molecule has 2 atom stereocenters. The van der Waals surface area contributed by atoms with Crippen molar-refractivity contribution in [1.82, 2.24) is 4.57 Å². The highest BCUT2D eigenvalue weighted by molar-refractivity contribution is 5.87. The van der Waals surface area contributed by atoms with E-state index in [4.69, 9.17) is 9.47 Å². The van der Waals surface area contributed by atoms with Crippen molar-refractivity contribution in [2.24, 2.45) is 7.05 Å². The van der Waals surface area contributed by atoms with E-state index < -0.39 is 0 Å². The van der Waals surface area contributed by atoms with Crippen molar-refractivity contribution >= 4 is 11.9 Å². The smallest absolute Gasteiger partial charge is 0.333 e. The van der Waals surface area contributed by atoms with Gasteiger partial charge in [-0.25, -0.2) is 13.9 Å². The molecule has 1 heterocycles. The van der Waals surface area contributed by atoms with Crippen LogP contribution in [0.3, 0.4) is 0 Å². The molecular weight excluding hydrogens is 543 g/mol. The number of esters is 2. The molecule has 6 nitrogen and oxygen atoms in total. The summed E-state index contributed by atoms with van der Waals surface area (Å²) in [6.45, 7) is 7.72. The maximum atomic E-state index is 12.4. The third kappa shape index (κ3) is 14.1. The molecule has 0 aliphatic carbocycles. The number of hydrogen-bond acceptors (Lipinski definition) is 4. The number of nitrogens with zero attached hydrogens (tertiary/aromatic N) is 2. The number of ether oxygens (including phenoxy) is 2. The number of aryl methyl sites for hydroxylation is 1. The number of halogens is 1. The molecule has 0 bridgehead atoms. The molecular formula is C27H47IN2O4. The van der Waals surface area contributed by atoms with Crippen molar-refractivity contribution in [3.8, 4) is 0 Å². The molecule has 2 unspecified atom stereocenters. The van der Waals surface area contributed by atoms with Crippen LogP contribution in [0.5, 0.6) is 0 Å². The van der Waals surface area contributed by atoms with Crippen LogP contribution in [0.2, 0.25) is 0 Å². The molecule has 0 aliphatic rings. The Morgan fingerprint density at radius 2 is 1.56 bits per heavy atom. The van der Waals surface area contributed by atoms with Crippen LogP contribution in [0.4, 0.5) is 0 Å². The first-order chi connectivity index (χ1) is 15.9. The molecule has 7 heteroatoms. The topological polar surface area (TPSA) is 61.4 Å². The van der Waals surface area contributed by atoms with Crippen LogP contribution in [-0.2, 0) is 26.1 Å². The van der Waals surface area contributed by atoms with E-state index in [2.05, 4.69) is 30.6 Å². The van der Waals surface area contributed by atoms with Gasteiger partial charge in [0, 0.05) is 12.0 Å². The van der Waals surface area contributed by atoms with Crippen LogP contribution in [0.15, 0.2) is 30.9 Å². The van der Waals surface area contributed by atoms with Gasteiger partial charge in [0.15, 0.2) is 0 Å². The molecule has 0 saturated carbocycles. The lowest BCUT2D eigenvalue weighted by molar-refractivity contribution is -0.671. The summed E-state index contributed by atoms with van der Waals surface area (Å²) in [6.07, 6.45) is 20.8. The summed E-state index contributed by atoms with van der Waals surface area (Å²) < 4.78 is 14.9. The van der Waals surface area contributed by atoms with Crippen molar-refractivity contribution in [1.29, 1.82) is 0 Å². The van der Waals surface area contributed by atoms with E-state index in [-0.39, 0.29) is 48.1 Å². The van der Waals surface area contributed by atoms with Crippen LogP contribution in [-0.4, -0.2) is 29.7 Å². The maximum absolute atomic E-state index is 12.4. The number of imidazole rings is 1. The Bertz CT molecular complexity index is 705. The van der Waals surface area contributed by atoms with Gasteiger partial charge in [-0.15, -0.1) is 0 Å². The minimum atomic E-state index is -0.296. The van der Waals surface area contributed by atoms with Crippen molar-refractivity contribution in [2.75, 3.05) is 7.11 Å². The van der Waals surface area contributed by atoms with Gasteiger partial charge in [-0.1, -0.05) is 64.9 Å². The second-order valence-electron chi connectivity index (χ2n) is 9.26. The van der Waals surface area contributed by atoms with Gasteiger partial charge in [-0.05, 0) is 39.0 Å². The highest BCUT2D eigenvalue weighted by atomic mass is 127. The third-order valence-electron chi connectivity index (χ3n) is 6.16.